The Morgan fingerprint density at radius 1 is 1.25 bits per heavy atom. The van der Waals surface area contributed by atoms with Crippen molar-refractivity contribution in [2.75, 3.05) is 18.0 Å². The lowest BCUT2D eigenvalue weighted by atomic mass is 9.98. The number of aldehydes is 1. The molecule has 4 rings (SSSR count). The van der Waals surface area contributed by atoms with Crippen LogP contribution in [0.25, 0.3) is 10.2 Å². The fourth-order valence-corrected chi connectivity index (χ4v) is 4.62. The van der Waals surface area contributed by atoms with Crippen LogP contribution in [0.5, 0.6) is 0 Å². The van der Waals surface area contributed by atoms with Crippen LogP contribution < -0.4 is 4.90 Å². The van der Waals surface area contributed by atoms with Crippen molar-refractivity contribution in [1.82, 2.24) is 9.97 Å². The lowest BCUT2D eigenvalue weighted by Gasteiger charge is -2.31. The number of carbonyl (C=O) groups excluding carboxylic acids is 1. The second-order valence-electron chi connectivity index (χ2n) is 5.70. The van der Waals surface area contributed by atoms with Crippen molar-refractivity contribution >= 4 is 33.7 Å². The summed E-state index contributed by atoms with van der Waals surface area (Å²) in [5.74, 6) is 1.33. The van der Waals surface area contributed by atoms with E-state index in [1.807, 2.05) is 11.3 Å². The van der Waals surface area contributed by atoms with Gasteiger partial charge in [0.2, 0.25) is 0 Å². The van der Waals surface area contributed by atoms with Gasteiger partial charge in [-0.1, -0.05) is 0 Å². The van der Waals surface area contributed by atoms with E-state index in [2.05, 4.69) is 14.9 Å². The third kappa shape index (κ3) is 1.84. The monoisotopic (exact) mass is 287 g/mol. The molecule has 2 aromatic heterocycles. The Morgan fingerprint density at radius 2 is 2.10 bits per heavy atom. The average molecular weight is 287 g/mol. The van der Waals surface area contributed by atoms with Crippen LogP contribution in [0, 0.1) is 5.92 Å². The first kappa shape index (κ1) is 12.3. The van der Waals surface area contributed by atoms with Crippen LogP contribution in [0.15, 0.2) is 6.33 Å². The Morgan fingerprint density at radius 3 is 2.90 bits per heavy atom. The maximum Gasteiger partial charge on any atom is 0.141 e. The van der Waals surface area contributed by atoms with E-state index in [1.165, 1.54) is 35.1 Å². The number of nitrogens with zero attached hydrogens (tertiary/aromatic N) is 3. The molecule has 1 saturated heterocycles. The van der Waals surface area contributed by atoms with Crippen molar-refractivity contribution in [3.8, 4) is 0 Å². The second-order valence-corrected chi connectivity index (χ2v) is 6.78. The van der Waals surface area contributed by atoms with Crippen molar-refractivity contribution in [3.63, 3.8) is 0 Å². The number of anilines is 1. The van der Waals surface area contributed by atoms with E-state index >= 15 is 0 Å². The SMILES string of the molecule is O=CC1CCN(c2ncnc3sc4c(c23)CCC4)CC1. The van der Waals surface area contributed by atoms with Crippen molar-refractivity contribution in [2.24, 2.45) is 5.92 Å². The van der Waals surface area contributed by atoms with E-state index in [-0.39, 0.29) is 5.92 Å². The summed E-state index contributed by atoms with van der Waals surface area (Å²) in [4.78, 5) is 24.9. The quantitative estimate of drug-likeness (QED) is 0.797. The molecule has 0 aromatic carbocycles. The fraction of sp³-hybridized carbons (Fsp3) is 0.533. The zero-order valence-electron chi connectivity index (χ0n) is 11.3. The van der Waals surface area contributed by atoms with Crippen molar-refractivity contribution in [3.05, 3.63) is 16.8 Å². The zero-order chi connectivity index (χ0) is 13.5. The highest BCUT2D eigenvalue weighted by molar-refractivity contribution is 7.19. The Kier molecular flexibility index (Phi) is 2.95. The van der Waals surface area contributed by atoms with Crippen LogP contribution in [-0.2, 0) is 17.6 Å². The number of carbonyl (C=O) groups is 1. The predicted octanol–water partition coefficient (Wildman–Crippen LogP) is 2.60. The zero-order valence-corrected chi connectivity index (χ0v) is 12.2. The molecule has 2 aromatic rings. The summed E-state index contributed by atoms with van der Waals surface area (Å²) in [5, 5.41) is 1.29. The third-order valence-electron chi connectivity index (χ3n) is 4.51. The van der Waals surface area contributed by atoms with Gasteiger partial charge in [-0.2, -0.15) is 0 Å². The minimum absolute atomic E-state index is 0.233. The van der Waals surface area contributed by atoms with Crippen LogP contribution in [0.2, 0.25) is 0 Å². The van der Waals surface area contributed by atoms with Gasteiger partial charge in [-0.3, -0.25) is 0 Å². The molecule has 0 atom stereocenters. The number of thiophene rings is 1. The average Bonchev–Trinajstić information content (AvgIpc) is 3.07. The molecule has 0 bridgehead atoms. The summed E-state index contributed by atoms with van der Waals surface area (Å²) in [7, 11) is 0. The van der Waals surface area contributed by atoms with Crippen LogP contribution in [0.4, 0.5) is 5.82 Å². The molecule has 3 heterocycles. The normalized spacial score (nSPS) is 19.5. The van der Waals surface area contributed by atoms with Gasteiger partial charge in [0.15, 0.2) is 0 Å². The molecule has 0 spiro atoms. The van der Waals surface area contributed by atoms with Crippen molar-refractivity contribution < 1.29 is 4.79 Å². The van der Waals surface area contributed by atoms with E-state index < -0.39 is 0 Å². The molecule has 2 aliphatic rings. The first-order valence-electron chi connectivity index (χ1n) is 7.32. The van der Waals surface area contributed by atoms with E-state index in [0.717, 1.165) is 42.9 Å². The van der Waals surface area contributed by atoms with Crippen LogP contribution >= 0.6 is 11.3 Å². The number of fused-ring (bicyclic) bond motifs is 3. The number of rotatable bonds is 2. The molecule has 1 fully saturated rings. The van der Waals surface area contributed by atoms with Crippen LogP contribution in [0.3, 0.4) is 0 Å². The Bertz CT molecular complexity index is 658. The molecule has 1 aliphatic heterocycles. The lowest BCUT2D eigenvalue weighted by Crippen LogP contribution is -2.34. The molecule has 0 amide bonds. The molecule has 20 heavy (non-hydrogen) atoms. The number of aromatic nitrogens is 2. The van der Waals surface area contributed by atoms with E-state index in [9.17, 15) is 4.79 Å². The van der Waals surface area contributed by atoms with E-state index in [1.54, 1.807) is 6.33 Å². The molecule has 0 unspecified atom stereocenters. The van der Waals surface area contributed by atoms with E-state index in [4.69, 9.17) is 0 Å². The standard InChI is InChI=1S/C15H17N3OS/c19-8-10-4-6-18(7-5-10)14-13-11-2-1-3-12(11)20-15(13)17-9-16-14/h8-10H,1-7H2. The molecule has 4 nitrogen and oxygen atoms in total. The van der Waals surface area contributed by atoms with Crippen LogP contribution in [-0.4, -0.2) is 29.3 Å². The highest BCUT2D eigenvalue weighted by atomic mass is 32.1. The first-order chi connectivity index (χ1) is 9.86. The van der Waals surface area contributed by atoms with E-state index in [0.29, 0.717) is 0 Å². The second kappa shape index (κ2) is 4.81. The summed E-state index contributed by atoms with van der Waals surface area (Å²) in [6.45, 7) is 1.86. The Hall–Kier alpha value is -1.49. The molecule has 0 N–H and O–H groups in total. The Balaban J connectivity index is 1.75. The minimum atomic E-state index is 0.233. The first-order valence-corrected chi connectivity index (χ1v) is 8.14. The largest absolute Gasteiger partial charge is 0.356 e. The van der Waals surface area contributed by atoms with Crippen LogP contribution in [0.1, 0.15) is 29.7 Å². The molecular weight excluding hydrogens is 270 g/mol. The number of aryl methyl sites for hydroxylation is 2. The van der Waals surface area contributed by atoms with Crippen molar-refractivity contribution in [1.29, 1.82) is 0 Å². The molecular formula is C15H17N3OS. The minimum Gasteiger partial charge on any atom is -0.356 e. The molecule has 0 radical (unpaired) electrons. The predicted molar refractivity (Wildman–Crippen MR) is 80.4 cm³/mol. The van der Waals surface area contributed by atoms with Crippen molar-refractivity contribution in [2.45, 2.75) is 32.1 Å². The molecule has 1 aliphatic carbocycles. The number of hydrogen-bond acceptors (Lipinski definition) is 5. The number of piperidine rings is 1. The van der Waals surface area contributed by atoms with Gasteiger partial charge in [0.25, 0.3) is 0 Å². The Labute approximate surface area is 121 Å². The lowest BCUT2D eigenvalue weighted by molar-refractivity contribution is -0.111. The third-order valence-corrected chi connectivity index (χ3v) is 5.71. The summed E-state index contributed by atoms with van der Waals surface area (Å²) in [6, 6.07) is 0. The summed E-state index contributed by atoms with van der Waals surface area (Å²) in [5.41, 5.74) is 1.48. The maximum absolute atomic E-state index is 10.9. The van der Waals surface area contributed by atoms with Gasteiger partial charge in [0, 0.05) is 23.9 Å². The topological polar surface area (TPSA) is 46.1 Å². The maximum atomic E-state index is 10.9. The summed E-state index contributed by atoms with van der Waals surface area (Å²) >= 11 is 1.84. The summed E-state index contributed by atoms with van der Waals surface area (Å²) < 4.78 is 0. The molecule has 5 heteroatoms. The molecule has 0 saturated carbocycles. The van der Waals surface area contributed by atoms with Gasteiger partial charge < -0.3 is 9.69 Å². The fourth-order valence-electron chi connectivity index (χ4n) is 3.40. The highest BCUT2D eigenvalue weighted by Gasteiger charge is 2.26. The van der Waals surface area contributed by atoms with Gasteiger partial charge in [-0.05, 0) is 37.7 Å². The smallest absolute Gasteiger partial charge is 0.141 e. The van der Waals surface area contributed by atoms with Gasteiger partial charge in [-0.15, -0.1) is 11.3 Å². The summed E-state index contributed by atoms with van der Waals surface area (Å²) in [6.07, 6.45) is 8.31. The highest BCUT2D eigenvalue weighted by Crippen LogP contribution is 2.40. The van der Waals surface area contributed by atoms with Gasteiger partial charge >= 0.3 is 0 Å². The van der Waals surface area contributed by atoms with Gasteiger partial charge in [0.05, 0.1) is 5.39 Å². The number of hydrogen-bond donors (Lipinski definition) is 0. The molecule has 104 valence electrons. The van der Waals surface area contributed by atoms with Gasteiger partial charge in [-0.25, -0.2) is 9.97 Å². The van der Waals surface area contributed by atoms with Gasteiger partial charge in [0.1, 0.15) is 23.3 Å².